The molecule has 0 N–H and O–H groups in total. The molecule has 0 unspecified atom stereocenters. The third-order valence-corrected chi connectivity index (χ3v) is 5.16. The molecule has 2 aromatic rings. The van der Waals surface area contributed by atoms with Crippen LogP contribution in [0.3, 0.4) is 0 Å². The molecule has 1 amide bonds. The van der Waals surface area contributed by atoms with Gasteiger partial charge < -0.3 is 14.5 Å². The second kappa shape index (κ2) is 7.83. The van der Waals surface area contributed by atoms with E-state index in [1.54, 1.807) is 12.4 Å². The molecule has 3 heterocycles. The molecule has 2 aliphatic rings. The van der Waals surface area contributed by atoms with E-state index in [9.17, 15) is 4.79 Å². The van der Waals surface area contributed by atoms with E-state index in [2.05, 4.69) is 27.0 Å². The summed E-state index contributed by atoms with van der Waals surface area (Å²) in [7, 11) is 0. The van der Waals surface area contributed by atoms with Gasteiger partial charge >= 0.3 is 0 Å². The Hall–Kier alpha value is -2.47. The highest BCUT2D eigenvalue weighted by atomic mass is 16.5. The lowest BCUT2D eigenvalue weighted by molar-refractivity contribution is -0.143. The van der Waals surface area contributed by atoms with Crippen molar-refractivity contribution < 1.29 is 9.53 Å². The van der Waals surface area contributed by atoms with Crippen LogP contribution in [0.2, 0.25) is 0 Å². The van der Waals surface area contributed by atoms with Crippen LogP contribution >= 0.6 is 0 Å². The second-order valence-electron chi connectivity index (χ2n) is 6.89. The Balaban J connectivity index is 1.42. The third kappa shape index (κ3) is 3.70. The molecule has 2 saturated heterocycles. The number of hydrogen-bond acceptors (Lipinski definition) is 5. The highest BCUT2D eigenvalue weighted by Crippen LogP contribution is 2.26. The number of carbonyl (C=O) groups is 1. The fraction of sp³-hybridized carbons (Fsp3) is 0.450. The van der Waals surface area contributed by atoms with E-state index in [0.29, 0.717) is 32.2 Å². The van der Waals surface area contributed by atoms with Crippen LogP contribution in [-0.4, -0.2) is 53.6 Å². The number of carbonyl (C=O) groups excluding carboxylic acids is 1. The van der Waals surface area contributed by atoms with Crippen molar-refractivity contribution in [2.24, 2.45) is 5.92 Å². The number of hydrogen-bond donors (Lipinski definition) is 0. The van der Waals surface area contributed by atoms with Crippen LogP contribution in [-0.2, 0) is 9.53 Å². The molecule has 0 radical (unpaired) electrons. The number of amides is 1. The fourth-order valence-electron chi connectivity index (χ4n) is 3.79. The minimum atomic E-state index is -0.0361. The summed E-state index contributed by atoms with van der Waals surface area (Å²) >= 11 is 0. The zero-order chi connectivity index (χ0) is 17.8. The number of nitrogens with zero attached hydrogens (tertiary/aromatic N) is 4. The maximum atomic E-state index is 13.1. The van der Waals surface area contributed by atoms with Gasteiger partial charge in [0.1, 0.15) is 6.10 Å². The number of benzene rings is 1. The van der Waals surface area contributed by atoms with Gasteiger partial charge in [0.05, 0.1) is 19.1 Å². The van der Waals surface area contributed by atoms with Gasteiger partial charge in [-0.3, -0.25) is 4.79 Å². The Labute approximate surface area is 153 Å². The Morgan fingerprint density at radius 1 is 1.04 bits per heavy atom. The van der Waals surface area contributed by atoms with E-state index < -0.39 is 0 Å². The molecular weight excluding hydrogens is 328 g/mol. The van der Waals surface area contributed by atoms with E-state index in [-0.39, 0.29) is 17.9 Å². The van der Waals surface area contributed by atoms with E-state index in [1.807, 2.05) is 29.2 Å². The molecule has 6 nitrogen and oxygen atoms in total. The highest BCUT2D eigenvalue weighted by Gasteiger charge is 2.33. The van der Waals surface area contributed by atoms with Crippen molar-refractivity contribution in [2.45, 2.75) is 18.9 Å². The minimum Gasteiger partial charge on any atom is -0.370 e. The number of piperidine rings is 1. The van der Waals surface area contributed by atoms with Crippen LogP contribution in [0.15, 0.2) is 48.8 Å². The van der Waals surface area contributed by atoms with E-state index in [1.165, 1.54) is 0 Å². The van der Waals surface area contributed by atoms with Crippen molar-refractivity contribution in [1.29, 1.82) is 0 Å². The molecule has 4 rings (SSSR count). The molecule has 26 heavy (non-hydrogen) atoms. The molecule has 0 aliphatic carbocycles. The maximum Gasteiger partial charge on any atom is 0.227 e. The molecule has 2 atom stereocenters. The summed E-state index contributed by atoms with van der Waals surface area (Å²) in [6.45, 7) is 3.48. The topological polar surface area (TPSA) is 58.6 Å². The van der Waals surface area contributed by atoms with Gasteiger partial charge in [-0.05, 0) is 24.5 Å². The zero-order valence-electron chi connectivity index (χ0n) is 14.8. The van der Waals surface area contributed by atoms with Gasteiger partial charge in [0.15, 0.2) is 0 Å². The van der Waals surface area contributed by atoms with Gasteiger partial charge in [0.25, 0.3) is 0 Å². The molecule has 0 saturated carbocycles. The molecule has 0 spiro atoms. The van der Waals surface area contributed by atoms with Crippen molar-refractivity contribution in [2.75, 3.05) is 37.7 Å². The summed E-state index contributed by atoms with van der Waals surface area (Å²) in [6.07, 6.45) is 5.38. The molecule has 2 fully saturated rings. The van der Waals surface area contributed by atoms with Crippen molar-refractivity contribution in [1.82, 2.24) is 14.9 Å². The van der Waals surface area contributed by atoms with Gasteiger partial charge in [0.2, 0.25) is 11.9 Å². The molecule has 0 bridgehead atoms. The van der Waals surface area contributed by atoms with Crippen LogP contribution in [0, 0.1) is 5.92 Å². The number of aromatic nitrogens is 2. The largest absolute Gasteiger partial charge is 0.370 e. The first kappa shape index (κ1) is 17.0. The van der Waals surface area contributed by atoms with Crippen LogP contribution in [0.25, 0.3) is 0 Å². The summed E-state index contributed by atoms with van der Waals surface area (Å²) in [5.74, 6) is 0.950. The van der Waals surface area contributed by atoms with Gasteiger partial charge in [-0.2, -0.15) is 0 Å². The highest BCUT2D eigenvalue weighted by molar-refractivity contribution is 5.80. The summed E-state index contributed by atoms with van der Waals surface area (Å²) < 4.78 is 5.90. The Morgan fingerprint density at radius 3 is 2.65 bits per heavy atom. The number of anilines is 1. The number of rotatable bonds is 3. The normalized spacial score (nSPS) is 23.7. The molecule has 1 aromatic heterocycles. The van der Waals surface area contributed by atoms with Gasteiger partial charge in [0, 0.05) is 32.0 Å². The smallest absolute Gasteiger partial charge is 0.227 e. The summed E-state index contributed by atoms with van der Waals surface area (Å²) in [5.41, 5.74) is 1.13. The second-order valence-corrected chi connectivity index (χ2v) is 6.89. The average molecular weight is 352 g/mol. The van der Waals surface area contributed by atoms with Crippen molar-refractivity contribution >= 4 is 11.9 Å². The minimum absolute atomic E-state index is 0.00193. The fourth-order valence-corrected chi connectivity index (χ4v) is 3.79. The first-order chi connectivity index (χ1) is 12.8. The lowest BCUT2D eigenvalue weighted by atomic mass is 9.96. The number of morpholine rings is 1. The lowest BCUT2D eigenvalue weighted by Crippen LogP contribution is -2.49. The standard InChI is InChI=1S/C20H24N4O2/c25-19(17-8-4-11-24(14-17)20-21-9-5-10-22-20)23-12-13-26-18(15-23)16-6-2-1-3-7-16/h1-3,5-7,9-10,17-18H,4,8,11-15H2/t17-,18-/m1/s1. The first-order valence-corrected chi connectivity index (χ1v) is 9.28. The molecule has 6 heteroatoms. The Kier molecular flexibility index (Phi) is 5.11. The van der Waals surface area contributed by atoms with Gasteiger partial charge in [-0.1, -0.05) is 30.3 Å². The lowest BCUT2D eigenvalue weighted by Gasteiger charge is -2.38. The van der Waals surface area contributed by atoms with Crippen molar-refractivity contribution in [3.05, 3.63) is 54.4 Å². The van der Waals surface area contributed by atoms with E-state index in [4.69, 9.17) is 4.74 Å². The summed E-state index contributed by atoms with van der Waals surface area (Å²) in [6, 6.07) is 12.0. The van der Waals surface area contributed by atoms with Crippen LogP contribution in [0.1, 0.15) is 24.5 Å². The summed E-state index contributed by atoms with van der Waals surface area (Å²) in [4.78, 5) is 25.9. The SMILES string of the molecule is O=C([C@@H]1CCCN(c2ncccn2)C1)N1CCO[C@@H](c2ccccc2)C1. The van der Waals surface area contributed by atoms with Crippen LogP contribution in [0.4, 0.5) is 5.95 Å². The number of ether oxygens (including phenoxy) is 1. The molecule has 2 aliphatic heterocycles. The van der Waals surface area contributed by atoms with Gasteiger partial charge in [-0.15, -0.1) is 0 Å². The quantitative estimate of drug-likeness (QED) is 0.848. The Morgan fingerprint density at radius 2 is 1.85 bits per heavy atom. The average Bonchev–Trinajstić information content (AvgIpc) is 2.75. The van der Waals surface area contributed by atoms with Crippen LogP contribution in [0.5, 0.6) is 0 Å². The summed E-state index contributed by atoms with van der Waals surface area (Å²) in [5, 5.41) is 0. The van der Waals surface area contributed by atoms with E-state index >= 15 is 0 Å². The first-order valence-electron chi connectivity index (χ1n) is 9.28. The zero-order valence-corrected chi connectivity index (χ0v) is 14.8. The molecule has 136 valence electrons. The molecule has 1 aromatic carbocycles. The molecular formula is C20H24N4O2. The Bertz CT molecular complexity index is 664. The van der Waals surface area contributed by atoms with Crippen LogP contribution < -0.4 is 4.90 Å². The monoisotopic (exact) mass is 352 g/mol. The predicted octanol–water partition coefficient (Wildman–Crippen LogP) is 2.29. The van der Waals surface area contributed by atoms with Crippen molar-refractivity contribution in [3.8, 4) is 0 Å². The maximum absolute atomic E-state index is 13.1. The van der Waals surface area contributed by atoms with Gasteiger partial charge in [-0.25, -0.2) is 9.97 Å². The van der Waals surface area contributed by atoms with E-state index in [0.717, 1.165) is 24.9 Å². The predicted molar refractivity (Wildman–Crippen MR) is 98.7 cm³/mol. The van der Waals surface area contributed by atoms with Crippen molar-refractivity contribution in [3.63, 3.8) is 0 Å². The third-order valence-electron chi connectivity index (χ3n) is 5.16.